The zero-order valence-electron chi connectivity index (χ0n) is 15.8. The van der Waals surface area contributed by atoms with E-state index in [1.165, 1.54) is 5.56 Å². The van der Waals surface area contributed by atoms with Crippen molar-refractivity contribution < 1.29 is 4.74 Å². The highest BCUT2D eigenvalue weighted by Crippen LogP contribution is 2.33. The second kappa shape index (κ2) is 8.46. The van der Waals surface area contributed by atoms with E-state index < -0.39 is 0 Å². The molecule has 1 aromatic heterocycles. The first kappa shape index (κ1) is 19.2. The van der Waals surface area contributed by atoms with Crippen LogP contribution in [0.3, 0.4) is 0 Å². The molecule has 0 saturated carbocycles. The Labute approximate surface area is 175 Å². The van der Waals surface area contributed by atoms with Crippen LogP contribution in [0.15, 0.2) is 42.5 Å². The van der Waals surface area contributed by atoms with Crippen LogP contribution in [0.5, 0.6) is 5.75 Å². The second-order valence-electron chi connectivity index (χ2n) is 6.88. The summed E-state index contributed by atoms with van der Waals surface area (Å²) < 4.78 is 7.84. The van der Waals surface area contributed by atoms with Gasteiger partial charge >= 0.3 is 0 Å². The lowest BCUT2D eigenvalue weighted by molar-refractivity contribution is 0.338. The predicted molar refractivity (Wildman–Crippen MR) is 115 cm³/mol. The van der Waals surface area contributed by atoms with E-state index in [4.69, 9.17) is 33.0 Å². The van der Waals surface area contributed by atoms with Crippen LogP contribution >= 0.6 is 23.2 Å². The summed E-state index contributed by atoms with van der Waals surface area (Å²) in [6.45, 7) is 3.55. The van der Waals surface area contributed by atoms with Gasteiger partial charge in [0.05, 0.1) is 12.3 Å². The van der Waals surface area contributed by atoms with Gasteiger partial charge in [0.2, 0.25) is 0 Å². The van der Waals surface area contributed by atoms with Crippen molar-refractivity contribution in [3.63, 3.8) is 0 Å². The summed E-state index contributed by atoms with van der Waals surface area (Å²) in [6.07, 6.45) is 3.95. The first-order valence-corrected chi connectivity index (χ1v) is 10.4. The molecule has 4 rings (SSSR count). The molecule has 0 radical (unpaired) electrons. The van der Waals surface area contributed by atoms with Gasteiger partial charge in [-0.1, -0.05) is 41.4 Å². The Morgan fingerprint density at radius 1 is 1.14 bits per heavy atom. The Morgan fingerprint density at radius 3 is 2.82 bits per heavy atom. The molecular weight excluding hydrogens is 393 g/mol. The van der Waals surface area contributed by atoms with E-state index in [-0.39, 0.29) is 0 Å². The monoisotopic (exact) mass is 415 g/mol. The number of anilines is 1. The first-order chi connectivity index (χ1) is 13.7. The zero-order valence-corrected chi connectivity index (χ0v) is 17.4. The standard InChI is InChI=1S/C22H23Cl2N3O/c1-2-28-21-9-4-3-8-20(21)27-22-17(7-5-6-12-25-22)19(26-27)13-15-10-11-16(23)14-18(15)24/h3-4,8-11,14,25H,2,5-7,12-13H2,1H3. The third kappa shape index (κ3) is 3.85. The maximum atomic E-state index is 6.43. The number of fused-ring (bicyclic) bond motifs is 1. The summed E-state index contributed by atoms with van der Waals surface area (Å²) >= 11 is 12.5. The minimum absolute atomic E-state index is 0.612. The summed E-state index contributed by atoms with van der Waals surface area (Å²) in [5.74, 6) is 1.89. The molecule has 6 heteroatoms. The van der Waals surface area contributed by atoms with E-state index in [2.05, 4.69) is 5.32 Å². The predicted octanol–water partition coefficient (Wildman–Crippen LogP) is 5.92. The van der Waals surface area contributed by atoms with Crippen LogP contribution in [0.25, 0.3) is 5.69 Å². The highest BCUT2D eigenvalue weighted by Gasteiger charge is 2.22. The molecular formula is C22H23Cl2N3O. The molecule has 3 aromatic rings. The molecule has 0 saturated heterocycles. The van der Waals surface area contributed by atoms with Gasteiger partial charge in [0.15, 0.2) is 0 Å². The van der Waals surface area contributed by atoms with Crippen molar-refractivity contribution in [2.75, 3.05) is 18.5 Å². The van der Waals surface area contributed by atoms with Gasteiger partial charge in [-0.2, -0.15) is 5.10 Å². The van der Waals surface area contributed by atoms with E-state index >= 15 is 0 Å². The molecule has 0 amide bonds. The van der Waals surface area contributed by atoms with Gasteiger partial charge in [-0.05, 0) is 56.0 Å². The van der Waals surface area contributed by atoms with Gasteiger partial charge in [-0.3, -0.25) is 0 Å². The number of nitrogens with zero attached hydrogens (tertiary/aromatic N) is 2. The fourth-order valence-corrected chi connectivity index (χ4v) is 4.12. The van der Waals surface area contributed by atoms with Crippen molar-refractivity contribution >= 4 is 29.0 Å². The molecule has 1 aliphatic rings. The van der Waals surface area contributed by atoms with Gasteiger partial charge in [0.25, 0.3) is 0 Å². The van der Waals surface area contributed by atoms with E-state index in [1.807, 2.05) is 48.0 Å². The Morgan fingerprint density at radius 2 is 2.00 bits per heavy atom. The van der Waals surface area contributed by atoms with Crippen LogP contribution in [0.2, 0.25) is 10.0 Å². The van der Waals surface area contributed by atoms with Crippen LogP contribution < -0.4 is 10.1 Å². The minimum Gasteiger partial charge on any atom is -0.492 e. The van der Waals surface area contributed by atoms with Crippen molar-refractivity contribution in [1.82, 2.24) is 9.78 Å². The van der Waals surface area contributed by atoms with Crippen molar-refractivity contribution in [3.8, 4) is 11.4 Å². The Kier molecular flexibility index (Phi) is 5.79. The fourth-order valence-electron chi connectivity index (χ4n) is 3.64. The van der Waals surface area contributed by atoms with Crippen LogP contribution in [-0.2, 0) is 12.8 Å². The Balaban J connectivity index is 1.80. The highest BCUT2D eigenvalue weighted by atomic mass is 35.5. The Bertz CT molecular complexity index is 984. The van der Waals surface area contributed by atoms with E-state index in [0.717, 1.165) is 54.3 Å². The molecule has 146 valence electrons. The molecule has 0 atom stereocenters. The number of para-hydroxylation sites is 2. The summed E-state index contributed by atoms with van der Waals surface area (Å²) in [5.41, 5.74) is 4.28. The van der Waals surface area contributed by atoms with Crippen molar-refractivity contribution in [3.05, 3.63) is 69.3 Å². The summed E-state index contributed by atoms with van der Waals surface area (Å²) in [5, 5.41) is 9.89. The van der Waals surface area contributed by atoms with Gasteiger partial charge in [0, 0.05) is 28.6 Å². The minimum atomic E-state index is 0.612. The summed E-state index contributed by atoms with van der Waals surface area (Å²) in [4.78, 5) is 0. The molecule has 2 heterocycles. The van der Waals surface area contributed by atoms with E-state index in [0.29, 0.717) is 23.1 Å². The average molecular weight is 416 g/mol. The number of hydrogen-bond acceptors (Lipinski definition) is 3. The molecule has 1 N–H and O–H groups in total. The first-order valence-electron chi connectivity index (χ1n) is 9.68. The van der Waals surface area contributed by atoms with Crippen LogP contribution in [0.4, 0.5) is 5.82 Å². The molecule has 0 aliphatic carbocycles. The van der Waals surface area contributed by atoms with Crippen molar-refractivity contribution in [2.45, 2.75) is 32.6 Å². The van der Waals surface area contributed by atoms with Gasteiger partial charge in [-0.25, -0.2) is 4.68 Å². The molecule has 1 aliphatic heterocycles. The fraction of sp³-hybridized carbons (Fsp3) is 0.318. The Hall–Kier alpha value is -2.17. The number of rotatable bonds is 5. The van der Waals surface area contributed by atoms with E-state index in [9.17, 15) is 0 Å². The lowest BCUT2D eigenvalue weighted by Gasteiger charge is -2.13. The number of ether oxygens (including phenoxy) is 1. The highest BCUT2D eigenvalue weighted by molar-refractivity contribution is 6.35. The SMILES string of the molecule is CCOc1ccccc1-n1nc(Cc2ccc(Cl)cc2Cl)c2c1NCCCC2. The molecule has 0 fully saturated rings. The molecule has 2 aromatic carbocycles. The number of benzene rings is 2. The quantitative estimate of drug-likeness (QED) is 0.562. The van der Waals surface area contributed by atoms with Crippen LogP contribution in [0.1, 0.15) is 36.6 Å². The van der Waals surface area contributed by atoms with Crippen LogP contribution in [-0.4, -0.2) is 22.9 Å². The van der Waals surface area contributed by atoms with Crippen molar-refractivity contribution in [1.29, 1.82) is 0 Å². The van der Waals surface area contributed by atoms with E-state index in [1.54, 1.807) is 6.07 Å². The second-order valence-corrected chi connectivity index (χ2v) is 7.73. The molecule has 0 unspecified atom stereocenters. The number of halogens is 2. The molecule has 4 nitrogen and oxygen atoms in total. The molecule has 0 spiro atoms. The lowest BCUT2D eigenvalue weighted by Crippen LogP contribution is -2.08. The average Bonchev–Trinajstić information content (AvgIpc) is 2.86. The van der Waals surface area contributed by atoms with Gasteiger partial charge in [0.1, 0.15) is 17.3 Å². The van der Waals surface area contributed by atoms with Gasteiger partial charge in [-0.15, -0.1) is 0 Å². The summed E-state index contributed by atoms with van der Waals surface area (Å²) in [6, 6.07) is 13.7. The molecule has 0 bridgehead atoms. The number of nitrogens with one attached hydrogen (secondary N) is 1. The smallest absolute Gasteiger partial charge is 0.145 e. The van der Waals surface area contributed by atoms with Crippen molar-refractivity contribution in [2.24, 2.45) is 0 Å². The number of aromatic nitrogens is 2. The molecule has 28 heavy (non-hydrogen) atoms. The number of hydrogen-bond donors (Lipinski definition) is 1. The maximum absolute atomic E-state index is 6.43. The largest absolute Gasteiger partial charge is 0.492 e. The lowest BCUT2D eigenvalue weighted by atomic mass is 10.0. The topological polar surface area (TPSA) is 39.1 Å². The zero-order chi connectivity index (χ0) is 19.5. The van der Waals surface area contributed by atoms with Crippen LogP contribution in [0, 0.1) is 0 Å². The third-order valence-electron chi connectivity index (χ3n) is 4.98. The van der Waals surface area contributed by atoms with Gasteiger partial charge < -0.3 is 10.1 Å². The maximum Gasteiger partial charge on any atom is 0.145 e. The normalized spacial score (nSPS) is 13.5. The third-order valence-corrected chi connectivity index (χ3v) is 5.57. The summed E-state index contributed by atoms with van der Waals surface area (Å²) in [7, 11) is 0.